The lowest BCUT2D eigenvalue weighted by Gasteiger charge is -2.29. The van der Waals surface area contributed by atoms with Crippen LogP contribution in [0.25, 0.3) is 0 Å². The molecule has 0 saturated carbocycles. The number of carbonyl (C=O) groups excluding carboxylic acids is 1. The molecule has 1 aromatic carbocycles. The average molecular weight is 492 g/mol. The smallest absolute Gasteiger partial charge is 0.224 e. The molecule has 35 heavy (non-hydrogen) atoms. The molecular formula is C27H33N5O2S. The zero-order chi connectivity index (χ0) is 25.1. The Morgan fingerprint density at radius 2 is 2.00 bits per heavy atom. The fourth-order valence-corrected chi connectivity index (χ4v) is 5.13. The molecule has 1 saturated heterocycles. The average Bonchev–Trinajstić information content (AvgIpc) is 3.34. The van der Waals surface area contributed by atoms with E-state index in [0.717, 1.165) is 29.2 Å². The van der Waals surface area contributed by atoms with Gasteiger partial charge in [-0.15, -0.1) is 0 Å². The van der Waals surface area contributed by atoms with Crippen LogP contribution in [0.4, 0.5) is 11.4 Å². The number of ether oxygens (including phenoxy) is 1. The molecule has 1 aliphatic heterocycles. The summed E-state index contributed by atoms with van der Waals surface area (Å²) in [6, 6.07) is 14.1. The molecule has 2 N–H and O–H groups in total. The van der Waals surface area contributed by atoms with Crippen molar-refractivity contribution in [3.05, 3.63) is 76.9 Å². The van der Waals surface area contributed by atoms with Crippen LogP contribution in [-0.2, 0) is 16.1 Å². The first-order valence-electron chi connectivity index (χ1n) is 11.9. The Morgan fingerprint density at radius 1 is 1.20 bits per heavy atom. The van der Waals surface area contributed by atoms with E-state index in [0.29, 0.717) is 18.1 Å². The Hall–Kier alpha value is -3.23. The fourth-order valence-electron chi connectivity index (χ4n) is 4.78. The first-order valence-corrected chi connectivity index (χ1v) is 12.3. The Labute approximate surface area is 212 Å². The minimum Gasteiger partial charge on any atom is -0.383 e. The summed E-state index contributed by atoms with van der Waals surface area (Å²) in [6.45, 7) is 9.57. The van der Waals surface area contributed by atoms with Crippen molar-refractivity contribution in [2.24, 2.45) is 0 Å². The molecule has 2 aromatic heterocycles. The van der Waals surface area contributed by atoms with Gasteiger partial charge in [-0.05, 0) is 80.5 Å². The van der Waals surface area contributed by atoms with Crippen LogP contribution in [-0.4, -0.2) is 34.3 Å². The molecule has 3 heterocycles. The molecule has 184 valence electrons. The lowest BCUT2D eigenvalue weighted by molar-refractivity contribution is -0.115. The summed E-state index contributed by atoms with van der Waals surface area (Å²) in [4.78, 5) is 18.8. The number of hydrogen-bond acceptors (Lipinski definition) is 4. The normalized spacial score (nSPS) is 17.5. The molecule has 4 rings (SSSR count). The standard InChI is InChI=1S/C27H33N5O2S/c1-6-24(33)29-22-11-10-20(15-17(22)2)32-26(21-16-18(3)31(19(21)4)13-14-34-5)25(30-27(32)35)23-9-7-8-12-28-23/h7-12,15-16,25-26H,6,13-14H2,1-5H3,(H,29,33)(H,30,35)/t25-,26-/m0/s1. The van der Waals surface area contributed by atoms with Crippen molar-refractivity contribution < 1.29 is 9.53 Å². The van der Waals surface area contributed by atoms with Crippen molar-refractivity contribution in [1.29, 1.82) is 0 Å². The molecule has 0 unspecified atom stereocenters. The summed E-state index contributed by atoms with van der Waals surface area (Å²) in [5, 5.41) is 7.16. The van der Waals surface area contributed by atoms with Gasteiger partial charge in [-0.25, -0.2) is 0 Å². The van der Waals surface area contributed by atoms with Crippen LogP contribution >= 0.6 is 12.2 Å². The second-order valence-electron chi connectivity index (χ2n) is 8.87. The number of rotatable bonds is 8. The van der Waals surface area contributed by atoms with Gasteiger partial charge in [0.25, 0.3) is 0 Å². The summed E-state index contributed by atoms with van der Waals surface area (Å²) >= 11 is 5.88. The van der Waals surface area contributed by atoms with Gasteiger partial charge in [0.2, 0.25) is 5.91 Å². The number of carbonyl (C=O) groups is 1. The summed E-state index contributed by atoms with van der Waals surface area (Å²) < 4.78 is 7.64. The van der Waals surface area contributed by atoms with Crippen molar-refractivity contribution in [2.75, 3.05) is 23.9 Å². The lowest BCUT2D eigenvalue weighted by Crippen LogP contribution is -2.29. The van der Waals surface area contributed by atoms with E-state index in [1.54, 1.807) is 7.11 Å². The number of benzene rings is 1. The third-order valence-electron chi connectivity index (χ3n) is 6.63. The van der Waals surface area contributed by atoms with E-state index in [2.05, 4.69) is 51.1 Å². The Bertz CT molecular complexity index is 1220. The van der Waals surface area contributed by atoms with Crippen LogP contribution in [0.1, 0.15) is 53.6 Å². The van der Waals surface area contributed by atoms with E-state index >= 15 is 0 Å². The molecule has 0 spiro atoms. The second kappa shape index (κ2) is 10.6. The molecule has 1 aliphatic rings. The topological polar surface area (TPSA) is 71.4 Å². The number of nitrogens with zero attached hydrogens (tertiary/aromatic N) is 3. The first-order chi connectivity index (χ1) is 16.8. The zero-order valence-electron chi connectivity index (χ0n) is 21.0. The molecule has 0 radical (unpaired) electrons. The third-order valence-corrected chi connectivity index (χ3v) is 6.95. The van der Waals surface area contributed by atoms with E-state index in [-0.39, 0.29) is 18.0 Å². The molecule has 7 nitrogen and oxygen atoms in total. The highest BCUT2D eigenvalue weighted by molar-refractivity contribution is 7.80. The highest BCUT2D eigenvalue weighted by Gasteiger charge is 2.42. The van der Waals surface area contributed by atoms with Crippen LogP contribution in [0, 0.1) is 20.8 Å². The van der Waals surface area contributed by atoms with Crippen LogP contribution in [0.3, 0.4) is 0 Å². The lowest BCUT2D eigenvalue weighted by atomic mass is 9.96. The molecular weight excluding hydrogens is 458 g/mol. The van der Waals surface area contributed by atoms with Crippen molar-refractivity contribution >= 4 is 34.6 Å². The number of amides is 1. The van der Waals surface area contributed by atoms with Gasteiger partial charge in [0.1, 0.15) is 0 Å². The maximum Gasteiger partial charge on any atom is 0.224 e. The zero-order valence-corrected chi connectivity index (χ0v) is 21.8. The van der Waals surface area contributed by atoms with Crippen LogP contribution in [0.2, 0.25) is 0 Å². The maximum absolute atomic E-state index is 11.9. The van der Waals surface area contributed by atoms with Gasteiger partial charge >= 0.3 is 0 Å². The molecule has 1 amide bonds. The van der Waals surface area contributed by atoms with Crippen LogP contribution in [0.5, 0.6) is 0 Å². The predicted molar refractivity (Wildman–Crippen MR) is 144 cm³/mol. The van der Waals surface area contributed by atoms with E-state index in [4.69, 9.17) is 17.0 Å². The van der Waals surface area contributed by atoms with Gasteiger partial charge in [0.05, 0.1) is 24.4 Å². The van der Waals surface area contributed by atoms with Crippen molar-refractivity contribution in [2.45, 2.75) is 52.7 Å². The third kappa shape index (κ3) is 4.94. The SMILES string of the molecule is CCC(=O)Nc1ccc(N2C(=S)N[C@@H](c3ccccn3)[C@@H]2c2cc(C)n(CCOC)c2C)cc1C. The number of pyridine rings is 1. The van der Waals surface area contributed by atoms with Crippen molar-refractivity contribution in [3.8, 4) is 0 Å². The maximum atomic E-state index is 11.9. The van der Waals surface area contributed by atoms with Crippen molar-refractivity contribution in [3.63, 3.8) is 0 Å². The molecule has 2 atom stereocenters. The molecule has 0 aliphatic carbocycles. The van der Waals surface area contributed by atoms with Gasteiger partial charge < -0.3 is 24.8 Å². The second-order valence-corrected chi connectivity index (χ2v) is 9.26. The molecule has 0 bridgehead atoms. The van der Waals surface area contributed by atoms with Gasteiger partial charge in [-0.2, -0.15) is 0 Å². The molecule has 1 fully saturated rings. The highest BCUT2D eigenvalue weighted by atomic mass is 32.1. The number of methoxy groups -OCH3 is 1. The number of hydrogen-bond donors (Lipinski definition) is 2. The molecule has 8 heteroatoms. The largest absolute Gasteiger partial charge is 0.383 e. The number of aromatic nitrogens is 2. The van der Waals surface area contributed by atoms with Gasteiger partial charge in [0.15, 0.2) is 5.11 Å². The number of thiocarbonyl (C=S) groups is 1. The minimum atomic E-state index is -0.111. The minimum absolute atomic E-state index is 0.00389. The van der Waals surface area contributed by atoms with E-state index in [1.807, 2.05) is 50.4 Å². The Morgan fingerprint density at radius 3 is 2.66 bits per heavy atom. The van der Waals surface area contributed by atoms with Gasteiger partial charge in [0, 0.05) is 49.0 Å². The van der Waals surface area contributed by atoms with E-state index < -0.39 is 0 Å². The number of anilines is 2. The Balaban J connectivity index is 1.80. The summed E-state index contributed by atoms with van der Waals surface area (Å²) in [6.07, 6.45) is 2.25. The van der Waals surface area contributed by atoms with Gasteiger partial charge in [-0.3, -0.25) is 9.78 Å². The van der Waals surface area contributed by atoms with Crippen molar-refractivity contribution in [1.82, 2.24) is 14.9 Å². The van der Waals surface area contributed by atoms with E-state index in [1.165, 1.54) is 17.0 Å². The number of aryl methyl sites for hydroxylation is 2. The number of nitrogens with one attached hydrogen (secondary N) is 2. The summed E-state index contributed by atoms with van der Waals surface area (Å²) in [7, 11) is 1.72. The molecule has 3 aromatic rings. The van der Waals surface area contributed by atoms with Gasteiger partial charge in [-0.1, -0.05) is 13.0 Å². The monoisotopic (exact) mass is 491 g/mol. The highest BCUT2D eigenvalue weighted by Crippen LogP contribution is 2.43. The van der Waals surface area contributed by atoms with Crippen LogP contribution < -0.4 is 15.5 Å². The predicted octanol–water partition coefficient (Wildman–Crippen LogP) is 4.98. The summed E-state index contributed by atoms with van der Waals surface area (Å²) in [5.74, 6) is -0.00389. The summed E-state index contributed by atoms with van der Waals surface area (Å²) in [5.41, 5.74) is 7.27. The fraction of sp³-hybridized carbons (Fsp3) is 0.370. The first kappa shape index (κ1) is 24.9. The Kier molecular flexibility index (Phi) is 7.52. The van der Waals surface area contributed by atoms with Crippen LogP contribution in [0.15, 0.2) is 48.7 Å². The quantitative estimate of drug-likeness (QED) is 0.433. The van der Waals surface area contributed by atoms with E-state index in [9.17, 15) is 4.79 Å².